The minimum absolute atomic E-state index is 0.123. The number of nitrogens with one attached hydrogen (secondary N) is 1. The first kappa shape index (κ1) is 16.5. The van der Waals surface area contributed by atoms with Gasteiger partial charge in [-0.1, -0.05) is 29.8 Å². The van der Waals surface area contributed by atoms with E-state index >= 15 is 0 Å². The van der Waals surface area contributed by atoms with E-state index in [0.29, 0.717) is 36.9 Å². The van der Waals surface area contributed by atoms with Crippen LogP contribution in [0.2, 0.25) is 5.02 Å². The molecule has 0 saturated carbocycles. The molecule has 6 heteroatoms. The maximum atomic E-state index is 12.0. The van der Waals surface area contributed by atoms with E-state index in [2.05, 4.69) is 10.4 Å². The molecule has 0 fully saturated rings. The van der Waals surface area contributed by atoms with Crippen LogP contribution in [0.5, 0.6) is 0 Å². The molecule has 0 radical (unpaired) electrons. The van der Waals surface area contributed by atoms with E-state index in [4.69, 9.17) is 16.3 Å². The number of ether oxygens (including phenoxy) is 1. The van der Waals surface area contributed by atoms with Crippen LogP contribution >= 0.6 is 11.6 Å². The van der Waals surface area contributed by atoms with Crippen molar-refractivity contribution in [1.29, 1.82) is 0 Å². The summed E-state index contributed by atoms with van der Waals surface area (Å²) in [5.41, 5.74) is 1.51. The van der Waals surface area contributed by atoms with Crippen LogP contribution < -0.4 is 5.32 Å². The fourth-order valence-corrected chi connectivity index (χ4v) is 2.19. The topological polar surface area (TPSA) is 56.1 Å². The van der Waals surface area contributed by atoms with Gasteiger partial charge in [0.2, 0.25) is 0 Å². The Labute approximate surface area is 135 Å². The van der Waals surface area contributed by atoms with Gasteiger partial charge in [0.1, 0.15) is 0 Å². The summed E-state index contributed by atoms with van der Waals surface area (Å²) in [4.78, 5) is 12.0. The average Bonchev–Trinajstić information content (AvgIpc) is 2.98. The molecule has 0 unspecified atom stereocenters. The molecular weight excluding hydrogens is 302 g/mol. The molecule has 2 aromatic rings. The molecular formula is C16H20ClN3O2. The number of carbonyl (C=O) groups excluding carboxylic acids is 1. The molecule has 0 atom stereocenters. The summed E-state index contributed by atoms with van der Waals surface area (Å²) in [6, 6.07) is 7.59. The number of amides is 1. The van der Waals surface area contributed by atoms with Gasteiger partial charge in [-0.05, 0) is 25.0 Å². The van der Waals surface area contributed by atoms with Crippen molar-refractivity contribution in [2.75, 3.05) is 19.8 Å². The van der Waals surface area contributed by atoms with Crippen LogP contribution in [0.25, 0.3) is 0 Å². The van der Waals surface area contributed by atoms with Crippen molar-refractivity contribution in [2.24, 2.45) is 0 Å². The molecule has 1 N–H and O–H groups in total. The van der Waals surface area contributed by atoms with Crippen LogP contribution in [-0.2, 0) is 11.3 Å². The van der Waals surface area contributed by atoms with Crippen molar-refractivity contribution >= 4 is 17.5 Å². The molecule has 5 nitrogen and oxygen atoms in total. The van der Waals surface area contributed by atoms with Gasteiger partial charge in [-0.15, -0.1) is 0 Å². The second kappa shape index (κ2) is 8.56. The van der Waals surface area contributed by atoms with Gasteiger partial charge < -0.3 is 10.1 Å². The number of nitrogens with zero attached hydrogens (tertiary/aromatic N) is 2. The fraction of sp³-hybridized carbons (Fsp3) is 0.375. The Balaban J connectivity index is 1.85. The van der Waals surface area contributed by atoms with Gasteiger partial charge in [0.05, 0.1) is 18.3 Å². The number of halogens is 1. The predicted octanol–water partition coefficient (Wildman–Crippen LogP) is 2.74. The Morgan fingerprint density at radius 2 is 2.23 bits per heavy atom. The Kier molecular flexibility index (Phi) is 6.43. The molecule has 1 aromatic heterocycles. The summed E-state index contributed by atoms with van der Waals surface area (Å²) >= 11 is 6.12. The van der Waals surface area contributed by atoms with Gasteiger partial charge in [-0.25, -0.2) is 0 Å². The first-order valence-corrected chi connectivity index (χ1v) is 7.70. The number of aromatic nitrogens is 2. The first-order chi connectivity index (χ1) is 10.7. The standard InChI is InChI=1S/C16H20ClN3O2/c1-2-22-9-5-8-18-16(21)14-10-19-20(12-14)11-13-6-3-4-7-15(13)17/h3-4,6-7,10,12H,2,5,8-9,11H2,1H3,(H,18,21). The zero-order valence-corrected chi connectivity index (χ0v) is 13.3. The molecule has 2 rings (SSSR count). The van der Waals surface area contributed by atoms with Crippen molar-refractivity contribution < 1.29 is 9.53 Å². The summed E-state index contributed by atoms with van der Waals surface area (Å²) < 4.78 is 6.93. The molecule has 0 aliphatic carbocycles. The number of hydrogen-bond donors (Lipinski definition) is 1. The SMILES string of the molecule is CCOCCCNC(=O)c1cnn(Cc2ccccc2Cl)c1. The lowest BCUT2D eigenvalue weighted by Crippen LogP contribution is -2.24. The largest absolute Gasteiger partial charge is 0.382 e. The zero-order valence-electron chi connectivity index (χ0n) is 12.6. The van der Waals surface area contributed by atoms with Crippen LogP contribution in [0.4, 0.5) is 0 Å². The van der Waals surface area contributed by atoms with Gasteiger partial charge in [0.25, 0.3) is 5.91 Å². The molecule has 0 saturated heterocycles. The summed E-state index contributed by atoms with van der Waals surface area (Å²) in [7, 11) is 0. The summed E-state index contributed by atoms with van der Waals surface area (Å²) in [5.74, 6) is -0.123. The van der Waals surface area contributed by atoms with E-state index in [9.17, 15) is 4.79 Å². The molecule has 0 aliphatic rings. The van der Waals surface area contributed by atoms with E-state index < -0.39 is 0 Å². The summed E-state index contributed by atoms with van der Waals surface area (Å²) in [5, 5.41) is 7.75. The molecule has 0 aliphatic heterocycles. The van der Waals surface area contributed by atoms with Crippen molar-refractivity contribution in [3.63, 3.8) is 0 Å². The molecule has 1 amide bonds. The van der Waals surface area contributed by atoms with E-state index in [1.807, 2.05) is 31.2 Å². The fourth-order valence-electron chi connectivity index (χ4n) is 1.99. The second-order valence-corrected chi connectivity index (χ2v) is 5.23. The Hall–Kier alpha value is -1.85. The third-order valence-electron chi connectivity index (χ3n) is 3.14. The third-order valence-corrected chi connectivity index (χ3v) is 3.51. The Bertz CT molecular complexity index is 613. The van der Waals surface area contributed by atoms with E-state index in [0.717, 1.165) is 12.0 Å². The van der Waals surface area contributed by atoms with Crippen LogP contribution in [0.15, 0.2) is 36.7 Å². The highest BCUT2D eigenvalue weighted by atomic mass is 35.5. The maximum absolute atomic E-state index is 12.0. The van der Waals surface area contributed by atoms with Gasteiger partial charge in [0, 0.05) is 31.0 Å². The lowest BCUT2D eigenvalue weighted by molar-refractivity contribution is 0.0944. The highest BCUT2D eigenvalue weighted by Crippen LogP contribution is 2.16. The second-order valence-electron chi connectivity index (χ2n) is 4.82. The quantitative estimate of drug-likeness (QED) is 0.761. The molecule has 0 spiro atoms. The number of benzene rings is 1. The Morgan fingerprint density at radius 1 is 1.41 bits per heavy atom. The van der Waals surface area contributed by atoms with Crippen molar-refractivity contribution in [3.05, 3.63) is 52.8 Å². The predicted molar refractivity (Wildman–Crippen MR) is 86.2 cm³/mol. The number of rotatable bonds is 8. The van der Waals surface area contributed by atoms with E-state index in [1.54, 1.807) is 17.1 Å². The van der Waals surface area contributed by atoms with Gasteiger partial charge >= 0.3 is 0 Å². The highest BCUT2D eigenvalue weighted by molar-refractivity contribution is 6.31. The summed E-state index contributed by atoms with van der Waals surface area (Å²) in [6.07, 6.45) is 4.09. The maximum Gasteiger partial charge on any atom is 0.254 e. The van der Waals surface area contributed by atoms with Gasteiger partial charge in [-0.2, -0.15) is 5.10 Å². The summed E-state index contributed by atoms with van der Waals surface area (Å²) in [6.45, 7) is 4.43. The Morgan fingerprint density at radius 3 is 3.00 bits per heavy atom. The van der Waals surface area contributed by atoms with Crippen LogP contribution in [-0.4, -0.2) is 35.4 Å². The molecule has 1 heterocycles. The number of carbonyl (C=O) groups is 1. The molecule has 1 aromatic carbocycles. The third kappa shape index (κ3) is 4.86. The highest BCUT2D eigenvalue weighted by Gasteiger charge is 2.09. The number of hydrogen-bond acceptors (Lipinski definition) is 3. The van der Waals surface area contributed by atoms with Crippen molar-refractivity contribution in [1.82, 2.24) is 15.1 Å². The minimum Gasteiger partial charge on any atom is -0.382 e. The van der Waals surface area contributed by atoms with E-state index in [1.165, 1.54) is 0 Å². The molecule has 118 valence electrons. The smallest absolute Gasteiger partial charge is 0.254 e. The molecule has 0 bridgehead atoms. The van der Waals surface area contributed by atoms with Crippen molar-refractivity contribution in [3.8, 4) is 0 Å². The lowest BCUT2D eigenvalue weighted by atomic mass is 10.2. The van der Waals surface area contributed by atoms with Crippen molar-refractivity contribution in [2.45, 2.75) is 19.9 Å². The van der Waals surface area contributed by atoms with Crippen LogP contribution in [0.3, 0.4) is 0 Å². The van der Waals surface area contributed by atoms with Gasteiger partial charge in [-0.3, -0.25) is 9.48 Å². The monoisotopic (exact) mass is 321 g/mol. The molecule has 22 heavy (non-hydrogen) atoms. The first-order valence-electron chi connectivity index (χ1n) is 7.32. The van der Waals surface area contributed by atoms with E-state index in [-0.39, 0.29) is 5.91 Å². The zero-order chi connectivity index (χ0) is 15.8. The van der Waals surface area contributed by atoms with Gasteiger partial charge in [0.15, 0.2) is 0 Å². The normalized spacial score (nSPS) is 10.6. The lowest BCUT2D eigenvalue weighted by Gasteiger charge is -2.04. The average molecular weight is 322 g/mol. The minimum atomic E-state index is -0.123. The van der Waals surface area contributed by atoms with Crippen LogP contribution in [0, 0.1) is 0 Å². The van der Waals surface area contributed by atoms with Crippen LogP contribution in [0.1, 0.15) is 29.3 Å².